The van der Waals surface area contributed by atoms with Crippen LogP contribution >= 0.6 is 15.9 Å². The average Bonchev–Trinajstić information content (AvgIpc) is 2.65. The van der Waals surface area contributed by atoms with Gasteiger partial charge in [0.1, 0.15) is 5.60 Å². The van der Waals surface area contributed by atoms with Crippen LogP contribution in [0.2, 0.25) is 0 Å². The molecule has 1 aliphatic heterocycles. The molecule has 1 aromatic rings. The number of anilines is 1. The van der Waals surface area contributed by atoms with E-state index in [0.717, 1.165) is 17.3 Å². The Morgan fingerprint density at radius 3 is 2.31 bits per heavy atom. The normalized spacial score (nSPS) is 14.8. The average molecular weight is 469 g/mol. The van der Waals surface area contributed by atoms with E-state index in [1.54, 1.807) is 17.0 Å². The molecule has 0 aliphatic carbocycles. The molecular formula is C20H29BrN4O4. The number of piperidine rings is 1. The number of carbonyl (C=O) groups is 3. The van der Waals surface area contributed by atoms with Crippen LogP contribution in [0.4, 0.5) is 15.3 Å². The molecule has 4 amide bonds. The lowest BCUT2D eigenvalue weighted by Gasteiger charge is -2.32. The number of hydrogen-bond donors (Lipinski definition) is 3. The first-order valence-corrected chi connectivity index (χ1v) is 10.5. The number of ether oxygens (including phenoxy) is 1. The van der Waals surface area contributed by atoms with Crippen molar-refractivity contribution in [2.24, 2.45) is 5.92 Å². The summed E-state index contributed by atoms with van der Waals surface area (Å²) in [6, 6.07) is 6.76. The van der Waals surface area contributed by atoms with E-state index in [2.05, 4.69) is 31.9 Å². The highest BCUT2D eigenvalue weighted by atomic mass is 79.9. The summed E-state index contributed by atoms with van der Waals surface area (Å²) in [5.41, 5.74) is 0.132. The van der Waals surface area contributed by atoms with Gasteiger partial charge in [-0.15, -0.1) is 0 Å². The number of nitrogens with one attached hydrogen (secondary N) is 3. The molecule has 0 saturated carbocycles. The maximum Gasteiger partial charge on any atom is 0.407 e. The fraction of sp³-hybridized carbons (Fsp3) is 0.550. The zero-order valence-corrected chi connectivity index (χ0v) is 18.7. The van der Waals surface area contributed by atoms with E-state index >= 15 is 0 Å². The molecule has 0 aromatic heterocycles. The Hall–Kier alpha value is -2.29. The number of hydrogen-bond acceptors (Lipinski definition) is 4. The second-order valence-corrected chi connectivity index (χ2v) is 8.94. The van der Waals surface area contributed by atoms with Gasteiger partial charge in [0.15, 0.2) is 0 Å². The van der Waals surface area contributed by atoms with Crippen LogP contribution in [0.5, 0.6) is 0 Å². The predicted octanol–water partition coefficient (Wildman–Crippen LogP) is 3.33. The molecule has 9 heteroatoms. The second kappa shape index (κ2) is 10.5. The Morgan fingerprint density at radius 1 is 1.10 bits per heavy atom. The van der Waals surface area contributed by atoms with E-state index in [1.165, 1.54) is 0 Å². The SMILES string of the molecule is CC(C)(C)OC(=O)NCC1CCN(C(=O)CNC(=O)Nc2ccc(Br)cc2)CC1. The van der Waals surface area contributed by atoms with Crippen LogP contribution in [-0.4, -0.2) is 54.7 Å². The molecular weight excluding hydrogens is 440 g/mol. The molecule has 0 bridgehead atoms. The van der Waals surface area contributed by atoms with Crippen molar-refractivity contribution in [3.63, 3.8) is 0 Å². The maximum atomic E-state index is 12.3. The number of urea groups is 1. The minimum absolute atomic E-state index is 0.0524. The Kier molecular flexibility index (Phi) is 8.31. The summed E-state index contributed by atoms with van der Waals surface area (Å²) in [4.78, 5) is 37.7. The van der Waals surface area contributed by atoms with Crippen LogP contribution in [0.25, 0.3) is 0 Å². The monoisotopic (exact) mass is 468 g/mol. The van der Waals surface area contributed by atoms with Gasteiger partial charge in [0.25, 0.3) is 0 Å². The van der Waals surface area contributed by atoms with Crippen LogP contribution in [0.3, 0.4) is 0 Å². The lowest BCUT2D eigenvalue weighted by molar-refractivity contribution is -0.131. The fourth-order valence-corrected chi connectivity index (χ4v) is 3.17. The van der Waals surface area contributed by atoms with E-state index in [1.807, 2.05) is 32.9 Å². The van der Waals surface area contributed by atoms with Crippen LogP contribution in [0.1, 0.15) is 33.6 Å². The fourth-order valence-electron chi connectivity index (χ4n) is 2.90. The van der Waals surface area contributed by atoms with Crippen LogP contribution in [0.15, 0.2) is 28.7 Å². The van der Waals surface area contributed by atoms with Gasteiger partial charge in [-0.05, 0) is 63.8 Å². The summed E-state index contributed by atoms with van der Waals surface area (Å²) in [5, 5.41) is 8.06. The second-order valence-electron chi connectivity index (χ2n) is 8.02. The minimum Gasteiger partial charge on any atom is -0.444 e. The highest BCUT2D eigenvalue weighted by Gasteiger charge is 2.24. The summed E-state index contributed by atoms with van der Waals surface area (Å²) in [5.74, 6) is 0.190. The molecule has 1 aliphatic rings. The van der Waals surface area contributed by atoms with Crippen molar-refractivity contribution in [3.8, 4) is 0 Å². The molecule has 1 aromatic carbocycles. The van der Waals surface area contributed by atoms with Gasteiger partial charge >= 0.3 is 12.1 Å². The molecule has 1 saturated heterocycles. The first kappa shape index (κ1) is 23.0. The number of benzene rings is 1. The van der Waals surface area contributed by atoms with Crippen molar-refractivity contribution in [1.29, 1.82) is 0 Å². The first-order chi connectivity index (χ1) is 13.6. The highest BCUT2D eigenvalue weighted by molar-refractivity contribution is 9.10. The van der Waals surface area contributed by atoms with Crippen molar-refractivity contribution in [2.75, 3.05) is 31.5 Å². The third-order valence-corrected chi connectivity index (χ3v) is 4.93. The summed E-state index contributed by atoms with van der Waals surface area (Å²) in [6.45, 7) is 7.16. The molecule has 3 N–H and O–H groups in total. The number of nitrogens with zero attached hydrogens (tertiary/aromatic N) is 1. The lowest BCUT2D eigenvalue weighted by atomic mass is 9.97. The molecule has 29 heavy (non-hydrogen) atoms. The maximum absolute atomic E-state index is 12.3. The number of likely N-dealkylation sites (tertiary alicyclic amines) is 1. The predicted molar refractivity (Wildman–Crippen MR) is 115 cm³/mol. The Bertz CT molecular complexity index is 710. The van der Waals surface area contributed by atoms with Gasteiger partial charge in [-0.25, -0.2) is 9.59 Å². The van der Waals surface area contributed by atoms with E-state index in [0.29, 0.717) is 31.2 Å². The number of halogens is 1. The van der Waals surface area contributed by atoms with E-state index in [9.17, 15) is 14.4 Å². The van der Waals surface area contributed by atoms with Gasteiger partial charge in [0.2, 0.25) is 5.91 Å². The van der Waals surface area contributed by atoms with E-state index < -0.39 is 17.7 Å². The smallest absolute Gasteiger partial charge is 0.407 e. The number of amides is 4. The van der Waals surface area contributed by atoms with Crippen molar-refractivity contribution in [2.45, 2.75) is 39.2 Å². The standard InChI is InChI=1S/C20H29BrN4O4/c1-20(2,3)29-19(28)23-12-14-8-10-25(11-9-14)17(26)13-22-18(27)24-16-6-4-15(21)5-7-16/h4-7,14H,8-13H2,1-3H3,(H,23,28)(H2,22,24,27). The summed E-state index contributed by atoms with van der Waals surface area (Å²) in [6.07, 6.45) is 1.18. The van der Waals surface area contributed by atoms with E-state index in [-0.39, 0.29) is 12.5 Å². The zero-order chi connectivity index (χ0) is 21.4. The molecule has 0 spiro atoms. The Labute approximate surface area is 179 Å². The molecule has 0 atom stereocenters. The molecule has 1 fully saturated rings. The van der Waals surface area contributed by atoms with Crippen molar-refractivity contribution in [3.05, 3.63) is 28.7 Å². The number of carbonyl (C=O) groups excluding carboxylic acids is 3. The summed E-state index contributed by atoms with van der Waals surface area (Å²) < 4.78 is 6.15. The molecule has 1 heterocycles. The molecule has 0 unspecified atom stereocenters. The topological polar surface area (TPSA) is 99.8 Å². The van der Waals surface area contributed by atoms with Gasteiger partial charge in [-0.3, -0.25) is 4.79 Å². The summed E-state index contributed by atoms with van der Waals surface area (Å²) in [7, 11) is 0. The Morgan fingerprint density at radius 2 is 1.72 bits per heavy atom. The zero-order valence-electron chi connectivity index (χ0n) is 17.1. The summed E-state index contributed by atoms with van der Waals surface area (Å²) >= 11 is 3.33. The Balaban J connectivity index is 1.64. The van der Waals surface area contributed by atoms with Gasteiger partial charge in [0.05, 0.1) is 6.54 Å². The molecule has 2 rings (SSSR count). The van der Waals surface area contributed by atoms with Crippen LogP contribution in [0, 0.1) is 5.92 Å². The van der Waals surface area contributed by atoms with Gasteiger partial charge in [-0.2, -0.15) is 0 Å². The van der Waals surface area contributed by atoms with Crippen molar-refractivity contribution in [1.82, 2.24) is 15.5 Å². The highest BCUT2D eigenvalue weighted by Crippen LogP contribution is 2.17. The van der Waals surface area contributed by atoms with Crippen molar-refractivity contribution < 1.29 is 19.1 Å². The molecule has 8 nitrogen and oxygen atoms in total. The molecule has 160 valence electrons. The van der Waals surface area contributed by atoms with Gasteiger partial charge in [0, 0.05) is 29.8 Å². The van der Waals surface area contributed by atoms with Crippen molar-refractivity contribution >= 4 is 39.6 Å². The number of alkyl carbamates (subject to hydrolysis) is 1. The minimum atomic E-state index is -0.517. The molecule has 0 radical (unpaired) electrons. The lowest BCUT2D eigenvalue weighted by Crippen LogP contribution is -2.46. The van der Waals surface area contributed by atoms with E-state index in [4.69, 9.17) is 4.74 Å². The van der Waals surface area contributed by atoms with Crippen LogP contribution in [-0.2, 0) is 9.53 Å². The van der Waals surface area contributed by atoms with Crippen LogP contribution < -0.4 is 16.0 Å². The largest absolute Gasteiger partial charge is 0.444 e. The third-order valence-electron chi connectivity index (χ3n) is 4.40. The van der Waals surface area contributed by atoms with Gasteiger partial charge in [-0.1, -0.05) is 15.9 Å². The van der Waals surface area contributed by atoms with Gasteiger partial charge < -0.3 is 25.6 Å². The number of rotatable bonds is 5. The quantitative estimate of drug-likeness (QED) is 0.616. The first-order valence-electron chi connectivity index (χ1n) is 9.67. The third kappa shape index (κ3) is 8.72.